The standard InChI is InChI=1S/C15H27NO3/c1-4-14(2)11-15(9-10-19-14,13(17)18-3)16-12-7-5-6-8-12/h12,16H,4-11H2,1-3H3. The van der Waals surface area contributed by atoms with Crippen LogP contribution in [0.15, 0.2) is 0 Å². The van der Waals surface area contributed by atoms with E-state index in [4.69, 9.17) is 9.47 Å². The van der Waals surface area contributed by atoms with Crippen molar-refractivity contribution in [3.63, 3.8) is 0 Å². The van der Waals surface area contributed by atoms with Crippen molar-refractivity contribution in [1.82, 2.24) is 5.32 Å². The molecule has 2 rings (SSSR count). The Balaban J connectivity index is 2.16. The first-order valence-electron chi connectivity index (χ1n) is 7.54. The van der Waals surface area contributed by atoms with Crippen LogP contribution in [0.4, 0.5) is 0 Å². The highest BCUT2D eigenvalue weighted by Crippen LogP contribution is 2.36. The zero-order valence-corrected chi connectivity index (χ0v) is 12.5. The Morgan fingerprint density at radius 2 is 2.11 bits per heavy atom. The van der Waals surface area contributed by atoms with Gasteiger partial charge in [-0.1, -0.05) is 19.8 Å². The normalized spacial score (nSPS) is 36.4. The van der Waals surface area contributed by atoms with Crippen LogP contribution in [0.3, 0.4) is 0 Å². The Bertz CT molecular complexity index is 327. The number of carbonyl (C=O) groups excluding carboxylic acids is 1. The largest absolute Gasteiger partial charge is 0.468 e. The fraction of sp³-hybridized carbons (Fsp3) is 0.933. The van der Waals surface area contributed by atoms with Gasteiger partial charge in [-0.25, -0.2) is 0 Å². The molecule has 0 aromatic carbocycles. The Morgan fingerprint density at radius 3 is 2.68 bits per heavy atom. The number of hydrogen-bond donors (Lipinski definition) is 1. The number of nitrogens with one attached hydrogen (secondary N) is 1. The molecule has 0 amide bonds. The van der Waals surface area contributed by atoms with Gasteiger partial charge in [0, 0.05) is 19.1 Å². The summed E-state index contributed by atoms with van der Waals surface area (Å²) in [5.41, 5.74) is -0.773. The van der Waals surface area contributed by atoms with Crippen LogP contribution in [0.2, 0.25) is 0 Å². The van der Waals surface area contributed by atoms with Gasteiger partial charge in [0.2, 0.25) is 0 Å². The first-order valence-corrected chi connectivity index (χ1v) is 7.54. The third-order valence-corrected chi connectivity index (χ3v) is 4.81. The quantitative estimate of drug-likeness (QED) is 0.796. The highest BCUT2D eigenvalue weighted by Gasteiger charge is 2.49. The van der Waals surface area contributed by atoms with Gasteiger partial charge in [-0.15, -0.1) is 0 Å². The smallest absolute Gasteiger partial charge is 0.326 e. The van der Waals surface area contributed by atoms with Gasteiger partial charge in [-0.2, -0.15) is 0 Å². The molecule has 2 unspecified atom stereocenters. The summed E-state index contributed by atoms with van der Waals surface area (Å²) in [4.78, 5) is 12.3. The van der Waals surface area contributed by atoms with E-state index in [0.29, 0.717) is 25.5 Å². The lowest BCUT2D eigenvalue weighted by atomic mass is 9.78. The van der Waals surface area contributed by atoms with Crippen LogP contribution in [0, 0.1) is 0 Å². The van der Waals surface area contributed by atoms with E-state index in [-0.39, 0.29) is 11.6 Å². The molecule has 0 bridgehead atoms. The van der Waals surface area contributed by atoms with Gasteiger partial charge in [0.05, 0.1) is 12.7 Å². The summed E-state index contributed by atoms with van der Waals surface area (Å²) in [6.45, 7) is 4.84. The molecule has 1 heterocycles. The van der Waals surface area contributed by atoms with Gasteiger partial charge < -0.3 is 9.47 Å². The van der Waals surface area contributed by atoms with Crippen LogP contribution in [-0.4, -0.2) is 36.9 Å². The predicted molar refractivity (Wildman–Crippen MR) is 74.0 cm³/mol. The number of ether oxygens (including phenoxy) is 2. The van der Waals surface area contributed by atoms with Crippen LogP contribution in [-0.2, 0) is 14.3 Å². The Labute approximate surface area is 116 Å². The molecule has 2 fully saturated rings. The van der Waals surface area contributed by atoms with Crippen LogP contribution in [0.25, 0.3) is 0 Å². The fourth-order valence-corrected chi connectivity index (χ4v) is 3.49. The second kappa shape index (κ2) is 5.80. The molecule has 0 radical (unpaired) electrons. The van der Waals surface area contributed by atoms with E-state index in [2.05, 4.69) is 19.2 Å². The van der Waals surface area contributed by atoms with Gasteiger partial charge in [-0.05, 0) is 32.6 Å². The first kappa shape index (κ1) is 14.8. The molecule has 1 saturated carbocycles. The van der Waals surface area contributed by atoms with Gasteiger partial charge in [0.1, 0.15) is 5.54 Å². The van der Waals surface area contributed by atoms with Crippen molar-refractivity contribution in [2.45, 2.75) is 76.0 Å². The minimum absolute atomic E-state index is 0.123. The van der Waals surface area contributed by atoms with E-state index in [0.717, 1.165) is 6.42 Å². The van der Waals surface area contributed by atoms with Crippen LogP contribution >= 0.6 is 0 Å². The summed E-state index contributed by atoms with van der Waals surface area (Å²) < 4.78 is 11.0. The minimum Gasteiger partial charge on any atom is -0.468 e. The van der Waals surface area contributed by atoms with Crippen LogP contribution < -0.4 is 5.32 Å². The van der Waals surface area contributed by atoms with E-state index >= 15 is 0 Å². The number of rotatable bonds is 4. The maximum absolute atomic E-state index is 12.3. The molecule has 1 aliphatic carbocycles. The lowest BCUT2D eigenvalue weighted by Crippen LogP contribution is -2.62. The van der Waals surface area contributed by atoms with Crippen molar-refractivity contribution in [3.05, 3.63) is 0 Å². The van der Waals surface area contributed by atoms with Crippen molar-refractivity contribution < 1.29 is 14.3 Å². The minimum atomic E-state index is -0.549. The molecule has 0 aromatic rings. The molecule has 0 spiro atoms. The molecule has 1 aliphatic heterocycles. The molecular weight excluding hydrogens is 242 g/mol. The Hall–Kier alpha value is -0.610. The molecule has 1 N–H and O–H groups in total. The average molecular weight is 269 g/mol. The monoisotopic (exact) mass is 269 g/mol. The van der Waals surface area contributed by atoms with Gasteiger partial charge in [0.15, 0.2) is 0 Å². The molecule has 1 saturated heterocycles. The first-order chi connectivity index (χ1) is 9.03. The van der Waals surface area contributed by atoms with E-state index in [1.165, 1.54) is 32.8 Å². The van der Waals surface area contributed by atoms with Gasteiger partial charge >= 0.3 is 5.97 Å². The molecule has 0 aromatic heterocycles. The maximum Gasteiger partial charge on any atom is 0.326 e. The second-order valence-electron chi connectivity index (χ2n) is 6.28. The van der Waals surface area contributed by atoms with E-state index in [1.807, 2.05) is 0 Å². The molecule has 19 heavy (non-hydrogen) atoms. The van der Waals surface area contributed by atoms with Crippen molar-refractivity contribution >= 4 is 5.97 Å². The number of carbonyl (C=O) groups is 1. The lowest BCUT2D eigenvalue weighted by Gasteiger charge is -2.45. The van der Waals surface area contributed by atoms with Crippen molar-refractivity contribution in [3.8, 4) is 0 Å². The predicted octanol–water partition coefficient (Wildman–Crippen LogP) is 2.41. The summed E-state index contributed by atoms with van der Waals surface area (Å²) in [6, 6.07) is 0.457. The fourth-order valence-electron chi connectivity index (χ4n) is 3.49. The molecule has 4 heteroatoms. The highest BCUT2D eigenvalue weighted by molar-refractivity contribution is 5.81. The summed E-state index contributed by atoms with van der Waals surface area (Å²) in [5, 5.41) is 3.62. The third-order valence-electron chi connectivity index (χ3n) is 4.81. The van der Waals surface area contributed by atoms with Crippen LogP contribution in [0.5, 0.6) is 0 Å². The zero-order chi connectivity index (χ0) is 13.9. The SMILES string of the molecule is CCC1(C)CC(NC2CCCC2)(C(=O)OC)CCO1. The number of hydrogen-bond acceptors (Lipinski definition) is 4. The number of methoxy groups -OCH3 is 1. The van der Waals surface area contributed by atoms with E-state index < -0.39 is 5.54 Å². The molecule has 110 valence electrons. The third kappa shape index (κ3) is 3.11. The van der Waals surface area contributed by atoms with Gasteiger partial charge in [0.25, 0.3) is 0 Å². The molecule has 4 nitrogen and oxygen atoms in total. The van der Waals surface area contributed by atoms with Crippen molar-refractivity contribution in [2.75, 3.05) is 13.7 Å². The van der Waals surface area contributed by atoms with E-state index in [9.17, 15) is 4.79 Å². The Kier molecular flexibility index (Phi) is 4.51. The summed E-state index contributed by atoms with van der Waals surface area (Å²) in [6.07, 6.45) is 7.20. The van der Waals surface area contributed by atoms with Crippen molar-refractivity contribution in [2.24, 2.45) is 0 Å². The number of esters is 1. The lowest BCUT2D eigenvalue weighted by molar-refractivity contribution is -0.164. The molecular formula is C15H27NO3. The topological polar surface area (TPSA) is 47.6 Å². The maximum atomic E-state index is 12.3. The molecule has 2 aliphatic rings. The molecule has 2 atom stereocenters. The van der Waals surface area contributed by atoms with Gasteiger partial charge in [-0.3, -0.25) is 10.1 Å². The summed E-state index contributed by atoms with van der Waals surface area (Å²) in [7, 11) is 1.49. The van der Waals surface area contributed by atoms with E-state index in [1.54, 1.807) is 0 Å². The zero-order valence-electron chi connectivity index (χ0n) is 12.5. The Morgan fingerprint density at radius 1 is 1.42 bits per heavy atom. The summed E-state index contributed by atoms with van der Waals surface area (Å²) in [5.74, 6) is -0.123. The second-order valence-corrected chi connectivity index (χ2v) is 6.28. The highest BCUT2D eigenvalue weighted by atomic mass is 16.5. The average Bonchev–Trinajstić information content (AvgIpc) is 2.90. The van der Waals surface area contributed by atoms with Crippen LogP contribution in [0.1, 0.15) is 58.8 Å². The summed E-state index contributed by atoms with van der Waals surface area (Å²) >= 11 is 0. The van der Waals surface area contributed by atoms with Crippen molar-refractivity contribution in [1.29, 1.82) is 0 Å².